The second kappa shape index (κ2) is 4.21. The van der Waals surface area contributed by atoms with E-state index in [0.717, 1.165) is 5.75 Å². The van der Waals surface area contributed by atoms with Crippen molar-refractivity contribution in [1.82, 2.24) is 9.97 Å². The van der Waals surface area contributed by atoms with Gasteiger partial charge >= 0.3 is 0 Å². The lowest BCUT2D eigenvalue weighted by Gasteiger charge is -2.23. The van der Waals surface area contributed by atoms with Crippen LogP contribution in [0.2, 0.25) is 0 Å². The zero-order valence-electron chi connectivity index (χ0n) is 8.92. The quantitative estimate of drug-likeness (QED) is 0.649. The van der Waals surface area contributed by atoms with Crippen LogP contribution in [0.5, 0.6) is 0 Å². The number of aromatic nitrogens is 2. The fraction of sp³-hybridized carbons (Fsp3) is 0.556. The van der Waals surface area contributed by atoms with Crippen molar-refractivity contribution in [3.05, 3.63) is 16.7 Å². The van der Waals surface area contributed by atoms with Crippen LogP contribution < -0.4 is 15.8 Å². The van der Waals surface area contributed by atoms with E-state index >= 15 is 0 Å². The number of fused-ring (bicyclic) bond motifs is 1. The predicted molar refractivity (Wildman–Crippen MR) is 64.0 cm³/mol. The van der Waals surface area contributed by atoms with Gasteiger partial charge in [-0.25, -0.2) is 4.98 Å². The Morgan fingerprint density at radius 1 is 1.71 bits per heavy atom. The number of H-pyrrole nitrogens is 1. The van der Waals surface area contributed by atoms with Gasteiger partial charge in [-0.1, -0.05) is 0 Å². The van der Waals surface area contributed by atoms with E-state index < -0.39 is 0 Å². The van der Waals surface area contributed by atoms with Crippen molar-refractivity contribution in [2.24, 2.45) is 0 Å². The Morgan fingerprint density at radius 3 is 3.35 bits per heavy atom. The van der Waals surface area contributed by atoms with E-state index in [2.05, 4.69) is 15.3 Å². The fourth-order valence-electron chi connectivity index (χ4n) is 1.95. The SMILES string of the molecule is O=c1[nH]cnc2c1NCN2[C@@H]1CS[C@@H](CO)O1. The van der Waals surface area contributed by atoms with Crippen molar-refractivity contribution < 1.29 is 9.84 Å². The molecule has 92 valence electrons. The molecular weight excluding hydrogens is 244 g/mol. The maximum absolute atomic E-state index is 11.5. The third-order valence-electron chi connectivity index (χ3n) is 2.76. The Bertz CT molecular complexity index is 480. The number of hydrogen-bond acceptors (Lipinski definition) is 7. The lowest BCUT2D eigenvalue weighted by Crippen LogP contribution is -2.37. The number of aromatic amines is 1. The highest BCUT2D eigenvalue weighted by Gasteiger charge is 2.35. The minimum atomic E-state index is -0.189. The number of nitrogens with zero attached hydrogens (tertiary/aromatic N) is 2. The summed E-state index contributed by atoms with van der Waals surface area (Å²) < 4.78 is 5.64. The van der Waals surface area contributed by atoms with Crippen LogP contribution in [-0.4, -0.2) is 45.8 Å². The maximum Gasteiger partial charge on any atom is 0.276 e. The van der Waals surface area contributed by atoms with Crippen molar-refractivity contribution in [2.75, 3.05) is 29.2 Å². The second-order valence-corrected chi connectivity index (χ2v) is 4.96. The van der Waals surface area contributed by atoms with Gasteiger partial charge in [0.25, 0.3) is 5.56 Å². The number of nitrogens with one attached hydrogen (secondary N) is 2. The molecule has 2 aliphatic rings. The molecule has 0 unspecified atom stereocenters. The third kappa shape index (κ3) is 1.78. The van der Waals surface area contributed by atoms with Gasteiger partial charge in [0.1, 0.15) is 17.4 Å². The Kier molecular flexibility index (Phi) is 2.69. The molecule has 0 spiro atoms. The first kappa shape index (κ1) is 10.9. The summed E-state index contributed by atoms with van der Waals surface area (Å²) in [6.07, 6.45) is 1.23. The van der Waals surface area contributed by atoms with E-state index in [9.17, 15) is 4.79 Å². The Balaban J connectivity index is 1.85. The lowest BCUT2D eigenvalue weighted by molar-refractivity contribution is 0.0344. The molecule has 3 rings (SSSR count). The molecule has 17 heavy (non-hydrogen) atoms. The summed E-state index contributed by atoms with van der Waals surface area (Å²) in [6, 6.07) is 0. The van der Waals surface area contributed by atoms with Gasteiger partial charge < -0.3 is 25.0 Å². The smallest absolute Gasteiger partial charge is 0.276 e. The van der Waals surface area contributed by atoms with E-state index in [4.69, 9.17) is 9.84 Å². The van der Waals surface area contributed by atoms with Crippen LogP contribution in [0.15, 0.2) is 11.1 Å². The zero-order chi connectivity index (χ0) is 11.8. The molecule has 7 nitrogen and oxygen atoms in total. The normalized spacial score (nSPS) is 27.0. The molecule has 3 heterocycles. The van der Waals surface area contributed by atoms with Gasteiger partial charge in [-0.2, -0.15) is 0 Å². The summed E-state index contributed by atoms with van der Waals surface area (Å²) in [7, 11) is 0. The first-order valence-corrected chi connectivity index (χ1v) is 6.30. The number of ether oxygens (including phenoxy) is 1. The van der Waals surface area contributed by atoms with Gasteiger partial charge in [-0.3, -0.25) is 4.79 Å². The molecule has 0 saturated carbocycles. The monoisotopic (exact) mass is 256 g/mol. The summed E-state index contributed by atoms with van der Waals surface area (Å²) in [4.78, 5) is 20.1. The minimum absolute atomic E-state index is 0.00189. The zero-order valence-corrected chi connectivity index (χ0v) is 9.74. The van der Waals surface area contributed by atoms with Gasteiger partial charge in [0.2, 0.25) is 0 Å². The highest BCUT2D eigenvalue weighted by atomic mass is 32.2. The molecule has 1 aromatic heterocycles. The van der Waals surface area contributed by atoms with E-state index in [1.54, 1.807) is 11.8 Å². The topological polar surface area (TPSA) is 90.5 Å². The first-order valence-electron chi connectivity index (χ1n) is 5.25. The molecule has 0 amide bonds. The van der Waals surface area contributed by atoms with E-state index in [1.807, 2.05) is 4.90 Å². The van der Waals surface area contributed by atoms with Crippen LogP contribution in [0.3, 0.4) is 0 Å². The molecule has 0 aromatic carbocycles. The number of aliphatic hydroxyl groups excluding tert-OH is 1. The Labute approximate surface area is 101 Å². The van der Waals surface area contributed by atoms with Crippen LogP contribution in [0.25, 0.3) is 0 Å². The molecule has 0 aliphatic carbocycles. The van der Waals surface area contributed by atoms with Gasteiger partial charge in [0.05, 0.1) is 19.6 Å². The van der Waals surface area contributed by atoms with E-state index in [-0.39, 0.29) is 23.8 Å². The van der Waals surface area contributed by atoms with Crippen molar-refractivity contribution in [3.63, 3.8) is 0 Å². The molecule has 2 atom stereocenters. The summed E-state index contributed by atoms with van der Waals surface area (Å²) >= 11 is 1.56. The standard InChI is InChI=1S/C9H12N4O3S/c14-1-6-16-5(2-17-6)13-4-12-7-8(13)10-3-11-9(7)15/h3,5-6,12,14H,1-2,4H2,(H,10,11,15)/t5-,6-/m0/s1. The van der Waals surface area contributed by atoms with Gasteiger partial charge in [-0.15, -0.1) is 11.8 Å². The highest BCUT2D eigenvalue weighted by Crippen LogP contribution is 2.33. The number of hydrogen-bond donors (Lipinski definition) is 3. The number of aliphatic hydroxyl groups is 1. The van der Waals surface area contributed by atoms with Gasteiger partial charge in [-0.05, 0) is 0 Å². The van der Waals surface area contributed by atoms with Crippen LogP contribution in [0.4, 0.5) is 11.5 Å². The molecule has 2 aliphatic heterocycles. The minimum Gasteiger partial charge on any atom is -0.393 e. The predicted octanol–water partition coefficient (Wildman–Crippen LogP) is -0.633. The first-order chi connectivity index (χ1) is 8.29. The molecule has 1 aromatic rings. The lowest BCUT2D eigenvalue weighted by atomic mass is 10.4. The average Bonchev–Trinajstić information content (AvgIpc) is 2.94. The van der Waals surface area contributed by atoms with Crippen molar-refractivity contribution in [2.45, 2.75) is 11.7 Å². The number of rotatable bonds is 2. The molecule has 1 fully saturated rings. The molecule has 8 heteroatoms. The fourth-order valence-corrected chi connectivity index (χ4v) is 2.90. The van der Waals surface area contributed by atoms with Crippen molar-refractivity contribution in [3.8, 4) is 0 Å². The van der Waals surface area contributed by atoms with Crippen LogP contribution in [0, 0.1) is 0 Å². The summed E-state index contributed by atoms with van der Waals surface area (Å²) in [5.41, 5.74) is 0.112. The molecule has 3 N–H and O–H groups in total. The van der Waals surface area contributed by atoms with E-state index in [0.29, 0.717) is 18.2 Å². The molecule has 1 saturated heterocycles. The number of thioether (sulfide) groups is 1. The summed E-state index contributed by atoms with van der Waals surface area (Å²) in [5.74, 6) is 1.36. The van der Waals surface area contributed by atoms with Crippen LogP contribution in [-0.2, 0) is 4.74 Å². The summed E-state index contributed by atoms with van der Waals surface area (Å²) in [5, 5.41) is 12.0. The van der Waals surface area contributed by atoms with Gasteiger partial charge in [0.15, 0.2) is 5.82 Å². The average molecular weight is 256 g/mol. The highest BCUT2D eigenvalue weighted by molar-refractivity contribution is 8.00. The van der Waals surface area contributed by atoms with Gasteiger partial charge in [0, 0.05) is 5.75 Å². The number of anilines is 2. The second-order valence-electron chi connectivity index (χ2n) is 3.77. The third-order valence-corrected chi connectivity index (χ3v) is 3.87. The molecule has 0 radical (unpaired) electrons. The van der Waals surface area contributed by atoms with E-state index in [1.165, 1.54) is 6.33 Å². The van der Waals surface area contributed by atoms with Crippen LogP contribution in [0.1, 0.15) is 0 Å². The molecular formula is C9H12N4O3S. The Morgan fingerprint density at radius 2 is 2.59 bits per heavy atom. The Hall–Kier alpha value is -1.25. The van der Waals surface area contributed by atoms with Crippen LogP contribution >= 0.6 is 11.8 Å². The van der Waals surface area contributed by atoms with Crippen molar-refractivity contribution >= 4 is 23.3 Å². The summed E-state index contributed by atoms with van der Waals surface area (Å²) in [6.45, 7) is 0.497. The van der Waals surface area contributed by atoms with Crippen molar-refractivity contribution in [1.29, 1.82) is 0 Å². The molecule has 0 bridgehead atoms. The largest absolute Gasteiger partial charge is 0.393 e. The maximum atomic E-state index is 11.5.